The molecule has 16 heavy (non-hydrogen) atoms. The molecule has 1 aromatic rings. The largest absolute Gasteiger partial charge is 0.396 e. The lowest BCUT2D eigenvalue weighted by molar-refractivity contribution is 0.156. The molecule has 6 nitrogen and oxygen atoms in total. The van der Waals surface area contributed by atoms with Crippen LogP contribution in [0.4, 0.5) is 0 Å². The van der Waals surface area contributed by atoms with Crippen LogP contribution < -0.4 is 5.32 Å². The fourth-order valence-electron chi connectivity index (χ4n) is 1.22. The van der Waals surface area contributed by atoms with Gasteiger partial charge in [0.15, 0.2) is 0 Å². The van der Waals surface area contributed by atoms with Crippen molar-refractivity contribution in [2.24, 2.45) is 5.41 Å². The summed E-state index contributed by atoms with van der Waals surface area (Å²) < 4.78 is 1.61. The Kier molecular flexibility index (Phi) is 4.85. The summed E-state index contributed by atoms with van der Waals surface area (Å²) in [7, 11) is 0. The molecular weight excluding hydrogens is 208 g/mol. The number of aromatic nitrogens is 3. The molecule has 1 rings (SSSR count). The molecule has 0 aromatic carbocycles. The van der Waals surface area contributed by atoms with Crippen molar-refractivity contribution in [2.75, 3.05) is 19.8 Å². The standard InChI is InChI=1S/C10H20N4O2/c1-10(2,8-16)7-11-5-9-6-14(3-4-15)13-12-9/h6,11,15-16H,3-5,7-8H2,1-2H3. The van der Waals surface area contributed by atoms with E-state index in [1.807, 2.05) is 13.8 Å². The lowest BCUT2D eigenvalue weighted by Crippen LogP contribution is -2.31. The van der Waals surface area contributed by atoms with Gasteiger partial charge in [-0.3, -0.25) is 0 Å². The van der Waals surface area contributed by atoms with E-state index in [0.717, 1.165) is 12.2 Å². The second-order valence-electron chi connectivity index (χ2n) is 4.62. The van der Waals surface area contributed by atoms with Crippen LogP contribution in [0, 0.1) is 5.41 Å². The van der Waals surface area contributed by atoms with Crippen LogP contribution >= 0.6 is 0 Å². The Bertz CT molecular complexity index is 312. The molecule has 0 saturated heterocycles. The van der Waals surface area contributed by atoms with Crippen molar-refractivity contribution < 1.29 is 10.2 Å². The predicted octanol–water partition coefficient (Wildman–Crippen LogP) is -0.621. The first kappa shape index (κ1) is 13.1. The van der Waals surface area contributed by atoms with Gasteiger partial charge in [-0.1, -0.05) is 19.1 Å². The summed E-state index contributed by atoms with van der Waals surface area (Å²) in [6.45, 7) is 6.00. The van der Waals surface area contributed by atoms with Crippen molar-refractivity contribution in [3.8, 4) is 0 Å². The van der Waals surface area contributed by atoms with Gasteiger partial charge in [0.2, 0.25) is 0 Å². The minimum absolute atomic E-state index is 0.0633. The van der Waals surface area contributed by atoms with E-state index in [0.29, 0.717) is 13.1 Å². The van der Waals surface area contributed by atoms with E-state index in [9.17, 15) is 0 Å². The molecule has 0 spiro atoms. The van der Waals surface area contributed by atoms with Crippen molar-refractivity contribution in [1.29, 1.82) is 0 Å². The van der Waals surface area contributed by atoms with Crippen molar-refractivity contribution in [3.63, 3.8) is 0 Å². The molecule has 0 aliphatic heterocycles. The van der Waals surface area contributed by atoms with Gasteiger partial charge in [-0.05, 0) is 0 Å². The van der Waals surface area contributed by atoms with Gasteiger partial charge in [0.05, 0.1) is 18.8 Å². The van der Waals surface area contributed by atoms with E-state index < -0.39 is 0 Å². The van der Waals surface area contributed by atoms with Crippen LogP contribution in [0.25, 0.3) is 0 Å². The van der Waals surface area contributed by atoms with Crippen molar-refractivity contribution in [1.82, 2.24) is 20.3 Å². The third-order valence-corrected chi connectivity index (χ3v) is 2.25. The van der Waals surface area contributed by atoms with Crippen LogP contribution in [0.1, 0.15) is 19.5 Å². The second-order valence-corrected chi connectivity index (χ2v) is 4.62. The van der Waals surface area contributed by atoms with Gasteiger partial charge in [0.1, 0.15) is 0 Å². The Morgan fingerprint density at radius 1 is 1.44 bits per heavy atom. The summed E-state index contributed by atoms with van der Waals surface area (Å²) in [6, 6.07) is 0. The maximum atomic E-state index is 9.07. The van der Waals surface area contributed by atoms with Gasteiger partial charge in [0.25, 0.3) is 0 Å². The zero-order valence-corrected chi connectivity index (χ0v) is 9.85. The van der Waals surface area contributed by atoms with Crippen molar-refractivity contribution in [3.05, 3.63) is 11.9 Å². The Balaban J connectivity index is 2.31. The summed E-state index contributed by atoms with van der Waals surface area (Å²) in [4.78, 5) is 0. The predicted molar refractivity (Wildman–Crippen MR) is 59.7 cm³/mol. The summed E-state index contributed by atoms with van der Waals surface area (Å²) in [5.74, 6) is 0. The highest BCUT2D eigenvalue weighted by Crippen LogP contribution is 2.11. The third kappa shape index (κ3) is 4.26. The van der Waals surface area contributed by atoms with Crippen LogP contribution in [-0.4, -0.2) is 45.0 Å². The van der Waals surface area contributed by atoms with Gasteiger partial charge in [0, 0.05) is 31.3 Å². The molecule has 6 heteroatoms. The quantitative estimate of drug-likeness (QED) is 0.579. The first-order valence-electron chi connectivity index (χ1n) is 5.39. The molecule has 0 aliphatic carbocycles. The number of nitrogens with one attached hydrogen (secondary N) is 1. The van der Waals surface area contributed by atoms with E-state index in [-0.39, 0.29) is 18.6 Å². The molecule has 0 bridgehead atoms. The van der Waals surface area contributed by atoms with Gasteiger partial charge in [-0.2, -0.15) is 0 Å². The monoisotopic (exact) mass is 228 g/mol. The lowest BCUT2D eigenvalue weighted by Gasteiger charge is -2.21. The molecule has 1 heterocycles. The number of hydrogen-bond donors (Lipinski definition) is 3. The molecule has 1 aromatic heterocycles. The van der Waals surface area contributed by atoms with Crippen molar-refractivity contribution >= 4 is 0 Å². The summed E-state index contributed by atoms with van der Waals surface area (Å²) in [6.07, 6.45) is 1.80. The Hall–Kier alpha value is -0.980. The molecule has 0 saturated carbocycles. The topological polar surface area (TPSA) is 83.2 Å². The van der Waals surface area contributed by atoms with Crippen molar-refractivity contribution in [2.45, 2.75) is 26.9 Å². The van der Waals surface area contributed by atoms with E-state index in [2.05, 4.69) is 15.6 Å². The Morgan fingerprint density at radius 2 is 2.19 bits per heavy atom. The van der Waals surface area contributed by atoms with Crippen LogP contribution in [0.15, 0.2) is 6.20 Å². The normalized spacial score (nSPS) is 12.0. The number of hydrogen-bond acceptors (Lipinski definition) is 5. The van der Waals surface area contributed by atoms with Gasteiger partial charge in [-0.25, -0.2) is 4.68 Å². The SMILES string of the molecule is CC(C)(CO)CNCc1cn(CCO)nn1. The minimum Gasteiger partial charge on any atom is -0.396 e. The average Bonchev–Trinajstić information content (AvgIpc) is 2.66. The highest BCUT2D eigenvalue weighted by Gasteiger charge is 2.15. The zero-order chi connectivity index (χ0) is 12.0. The highest BCUT2D eigenvalue weighted by molar-refractivity contribution is 4.91. The molecule has 0 aliphatic rings. The second kappa shape index (κ2) is 5.93. The van der Waals surface area contributed by atoms with Crippen LogP contribution in [-0.2, 0) is 13.1 Å². The van der Waals surface area contributed by atoms with Crippen LogP contribution in [0.2, 0.25) is 0 Å². The first-order chi connectivity index (χ1) is 7.57. The molecule has 3 N–H and O–H groups in total. The van der Waals surface area contributed by atoms with E-state index in [1.54, 1.807) is 10.9 Å². The number of rotatable bonds is 7. The molecule has 0 amide bonds. The first-order valence-corrected chi connectivity index (χ1v) is 5.39. The number of nitrogens with zero attached hydrogens (tertiary/aromatic N) is 3. The highest BCUT2D eigenvalue weighted by atomic mass is 16.3. The van der Waals surface area contributed by atoms with Gasteiger partial charge >= 0.3 is 0 Å². The van der Waals surface area contributed by atoms with Gasteiger partial charge in [-0.15, -0.1) is 5.10 Å². The number of aliphatic hydroxyl groups is 2. The minimum atomic E-state index is -0.124. The summed E-state index contributed by atoms with van der Waals surface area (Å²) >= 11 is 0. The van der Waals surface area contributed by atoms with E-state index in [1.165, 1.54) is 0 Å². The molecular formula is C10H20N4O2. The fourth-order valence-corrected chi connectivity index (χ4v) is 1.22. The van der Waals surface area contributed by atoms with E-state index in [4.69, 9.17) is 10.2 Å². The molecule has 0 radical (unpaired) electrons. The maximum Gasteiger partial charge on any atom is 0.0964 e. The Labute approximate surface area is 95.3 Å². The zero-order valence-electron chi connectivity index (χ0n) is 9.85. The number of aliphatic hydroxyl groups excluding tert-OH is 2. The molecule has 0 atom stereocenters. The van der Waals surface area contributed by atoms with Crippen LogP contribution in [0.3, 0.4) is 0 Å². The maximum absolute atomic E-state index is 9.07. The lowest BCUT2D eigenvalue weighted by atomic mass is 9.95. The summed E-state index contributed by atoms with van der Waals surface area (Å²) in [5.41, 5.74) is 0.711. The average molecular weight is 228 g/mol. The third-order valence-electron chi connectivity index (χ3n) is 2.25. The van der Waals surface area contributed by atoms with Crippen LogP contribution in [0.5, 0.6) is 0 Å². The molecule has 92 valence electrons. The van der Waals surface area contributed by atoms with Gasteiger partial charge < -0.3 is 15.5 Å². The molecule has 0 fully saturated rings. The summed E-state index contributed by atoms with van der Waals surface area (Å²) in [5, 5.41) is 28.8. The fraction of sp³-hybridized carbons (Fsp3) is 0.800. The Morgan fingerprint density at radius 3 is 2.81 bits per heavy atom. The smallest absolute Gasteiger partial charge is 0.0964 e. The van der Waals surface area contributed by atoms with E-state index >= 15 is 0 Å². The molecule has 0 unspecified atom stereocenters.